The number of rotatable bonds is 5. The highest BCUT2D eigenvalue weighted by molar-refractivity contribution is 6.03. The summed E-state index contributed by atoms with van der Waals surface area (Å²) in [5, 5.41) is 6.88. The zero-order chi connectivity index (χ0) is 22.8. The van der Waals surface area contributed by atoms with Crippen LogP contribution in [0.2, 0.25) is 0 Å². The molecule has 0 aliphatic rings. The molecule has 4 aromatic rings. The average Bonchev–Trinajstić information content (AvgIpc) is 3.00. The number of anilines is 1. The topological polar surface area (TPSA) is 90.9 Å². The summed E-state index contributed by atoms with van der Waals surface area (Å²) < 4.78 is 4.40. The molecular weight excluding hydrogens is 406 g/mol. The highest BCUT2D eigenvalue weighted by Gasteiger charge is 2.20. The Hall–Kier alpha value is -4.20. The fourth-order valence-corrected chi connectivity index (χ4v) is 3.44. The van der Waals surface area contributed by atoms with E-state index in [1.54, 1.807) is 18.7 Å². The van der Waals surface area contributed by atoms with E-state index in [4.69, 9.17) is 0 Å². The van der Waals surface area contributed by atoms with Gasteiger partial charge < -0.3 is 5.32 Å². The Morgan fingerprint density at radius 2 is 1.62 bits per heavy atom. The lowest BCUT2D eigenvalue weighted by Gasteiger charge is -2.08. The van der Waals surface area contributed by atoms with Crippen LogP contribution in [0, 0.1) is 13.8 Å². The number of aromatic nitrogens is 4. The van der Waals surface area contributed by atoms with Gasteiger partial charge in [0.15, 0.2) is 0 Å². The van der Waals surface area contributed by atoms with Gasteiger partial charge in [-0.25, -0.2) is 9.36 Å². The number of aryl methyl sites for hydroxylation is 1. The number of carbonyl (C=O) groups excluding carboxylic acids is 1. The summed E-state index contributed by atoms with van der Waals surface area (Å²) in [6, 6.07) is 19.6. The van der Waals surface area contributed by atoms with E-state index in [1.807, 2.05) is 61.5 Å². The number of nitrogens with zero attached hydrogens (tertiary/aromatic N) is 4. The zero-order valence-corrected chi connectivity index (χ0v) is 18.1. The highest BCUT2D eigenvalue weighted by atomic mass is 16.2. The molecular formula is C24H23N5O3. The van der Waals surface area contributed by atoms with Crippen LogP contribution >= 0.6 is 0 Å². The maximum atomic E-state index is 13.0. The van der Waals surface area contributed by atoms with E-state index in [1.165, 1.54) is 21.5 Å². The summed E-state index contributed by atoms with van der Waals surface area (Å²) in [5.74, 6) is -0.561. The van der Waals surface area contributed by atoms with Crippen molar-refractivity contribution in [3.05, 3.63) is 110 Å². The molecule has 32 heavy (non-hydrogen) atoms. The average molecular weight is 429 g/mol. The van der Waals surface area contributed by atoms with Gasteiger partial charge in [-0.15, -0.1) is 0 Å². The molecule has 2 heterocycles. The van der Waals surface area contributed by atoms with Gasteiger partial charge in [0.2, 0.25) is 0 Å². The molecule has 0 saturated carbocycles. The summed E-state index contributed by atoms with van der Waals surface area (Å²) >= 11 is 0. The van der Waals surface area contributed by atoms with Gasteiger partial charge in [-0.2, -0.15) is 5.10 Å². The molecule has 2 aromatic heterocycles. The molecule has 162 valence electrons. The van der Waals surface area contributed by atoms with Crippen molar-refractivity contribution in [3.8, 4) is 5.69 Å². The van der Waals surface area contributed by atoms with Crippen molar-refractivity contribution in [2.24, 2.45) is 7.05 Å². The van der Waals surface area contributed by atoms with Crippen molar-refractivity contribution in [1.82, 2.24) is 19.1 Å². The SMILES string of the molecule is Cc1ccc(Cn2nc(C(=O)Nc3c(C)n(C)n(-c4ccccc4)c3=O)ccc2=O)cc1. The minimum absolute atomic E-state index is 0.0469. The van der Waals surface area contributed by atoms with Gasteiger partial charge >= 0.3 is 0 Å². The molecule has 8 nitrogen and oxygen atoms in total. The minimum atomic E-state index is -0.561. The first-order valence-electron chi connectivity index (χ1n) is 10.1. The first-order valence-corrected chi connectivity index (χ1v) is 10.1. The minimum Gasteiger partial charge on any atom is -0.314 e. The number of para-hydroxylation sites is 1. The molecule has 1 N–H and O–H groups in total. The Morgan fingerprint density at radius 1 is 0.938 bits per heavy atom. The first-order chi connectivity index (χ1) is 15.3. The van der Waals surface area contributed by atoms with Gasteiger partial charge in [0, 0.05) is 13.1 Å². The first kappa shape index (κ1) is 21.0. The second kappa shape index (κ2) is 8.50. The van der Waals surface area contributed by atoms with Crippen LogP contribution in [0.25, 0.3) is 5.69 Å². The maximum Gasteiger partial charge on any atom is 0.295 e. The van der Waals surface area contributed by atoms with Crippen molar-refractivity contribution in [3.63, 3.8) is 0 Å². The lowest BCUT2D eigenvalue weighted by atomic mass is 10.1. The molecule has 0 aliphatic heterocycles. The Labute approximate surface area is 184 Å². The number of benzene rings is 2. The van der Waals surface area contributed by atoms with Gasteiger partial charge in [0.1, 0.15) is 11.4 Å². The predicted molar refractivity (Wildman–Crippen MR) is 122 cm³/mol. The molecule has 0 unspecified atom stereocenters. The molecule has 8 heteroatoms. The number of hydrogen-bond acceptors (Lipinski definition) is 4. The van der Waals surface area contributed by atoms with E-state index in [0.717, 1.165) is 11.1 Å². The third-order valence-electron chi connectivity index (χ3n) is 5.34. The summed E-state index contributed by atoms with van der Waals surface area (Å²) in [6.45, 7) is 3.98. The molecule has 0 fully saturated rings. The Balaban J connectivity index is 1.63. The highest BCUT2D eigenvalue weighted by Crippen LogP contribution is 2.14. The monoisotopic (exact) mass is 429 g/mol. The molecule has 0 bridgehead atoms. The van der Waals surface area contributed by atoms with Crippen LogP contribution in [0.1, 0.15) is 27.3 Å². The lowest BCUT2D eigenvalue weighted by molar-refractivity contribution is 0.101. The van der Waals surface area contributed by atoms with Crippen LogP contribution in [-0.2, 0) is 13.6 Å². The van der Waals surface area contributed by atoms with Gasteiger partial charge in [0.05, 0.1) is 17.9 Å². The van der Waals surface area contributed by atoms with E-state index in [0.29, 0.717) is 11.4 Å². The van der Waals surface area contributed by atoms with Crippen molar-refractivity contribution in [2.45, 2.75) is 20.4 Å². The van der Waals surface area contributed by atoms with Crippen LogP contribution in [-0.4, -0.2) is 25.1 Å². The molecule has 1 amide bonds. The number of hydrogen-bond donors (Lipinski definition) is 1. The van der Waals surface area contributed by atoms with Gasteiger partial charge in [-0.05, 0) is 37.6 Å². The van der Waals surface area contributed by atoms with Gasteiger partial charge in [-0.1, -0.05) is 48.0 Å². The Kier molecular flexibility index (Phi) is 5.59. The Morgan fingerprint density at radius 3 is 2.31 bits per heavy atom. The van der Waals surface area contributed by atoms with Crippen LogP contribution in [0.5, 0.6) is 0 Å². The molecule has 4 rings (SSSR count). The van der Waals surface area contributed by atoms with E-state index in [-0.39, 0.29) is 29.0 Å². The van der Waals surface area contributed by atoms with E-state index >= 15 is 0 Å². The van der Waals surface area contributed by atoms with Crippen LogP contribution in [0.15, 0.2) is 76.3 Å². The van der Waals surface area contributed by atoms with Gasteiger partial charge in [-0.3, -0.25) is 19.1 Å². The van der Waals surface area contributed by atoms with E-state index < -0.39 is 5.91 Å². The smallest absolute Gasteiger partial charge is 0.295 e. The van der Waals surface area contributed by atoms with E-state index in [2.05, 4.69) is 10.4 Å². The van der Waals surface area contributed by atoms with Crippen LogP contribution in [0.3, 0.4) is 0 Å². The van der Waals surface area contributed by atoms with Crippen molar-refractivity contribution in [1.29, 1.82) is 0 Å². The standard InChI is InChI=1S/C24H23N5O3/c1-16-9-11-18(12-10-16)15-28-21(30)14-13-20(26-28)23(31)25-22-17(2)27(3)29(24(22)32)19-7-5-4-6-8-19/h4-14H,15H2,1-3H3,(H,25,31). The molecule has 0 aliphatic carbocycles. The summed E-state index contributed by atoms with van der Waals surface area (Å²) in [5.41, 5.74) is 2.84. The van der Waals surface area contributed by atoms with E-state index in [9.17, 15) is 14.4 Å². The summed E-state index contributed by atoms with van der Waals surface area (Å²) in [6.07, 6.45) is 0. The number of amides is 1. The number of carbonyl (C=O) groups is 1. The quantitative estimate of drug-likeness (QED) is 0.528. The second-order valence-electron chi connectivity index (χ2n) is 7.59. The fraction of sp³-hybridized carbons (Fsp3) is 0.167. The normalized spacial score (nSPS) is 10.8. The third kappa shape index (κ3) is 4.02. The third-order valence-corrected chi connectivity index (χ3v) is 5.34. The second-order valence-corrected chi connectivity index (χ2v) is 7.59. The Bertz CT molecular complexity index is 1400. The molecule has 0 saturated heterocycles. The van der Waals surface area contributed by atoms with Crippen LogP contribution < -0.4 is 16.4 Å². The maximum absolute atomic E-state index is 13.0. The number of nitrogens with one attached hydrogen (secondary N) is 1. The van der Waals surface area contributed by atoms with Crippen LogP contribution in [0.4, 0.5) is 5.69 Å². The molecule has 0 radical (unpaired) electrons. The van der Waals surface area contributed by atoms with Crippen molar-refractivity contribution in [2.75, 3.05) is 5.32 Å². The zero-order valence-electron chi connectivity index (χ0n) is 18.1. The van der Waals surface area contributed by atoms with Crippen molar-refractivity contribution >= 4 is 11.6 Å². The molecule has 2 aromatic carbocycles. The van der Waals surface area contributed by atoms with Gasteiger partial charge in [0.25, 0.3) is 17.0 Å². The summed E-state index contributed by atoms with van der Waals surface area (Å²) in [7, 11) is 1.75. The molecule has 0 atom stereocenters. The molecule has 0 spiro atoms. The predicted octanol–water partition coefficient (Wildman–Crippen LogP) is 2.65. The fourth-order valence-electron chi connectivity index (χ4n) is 3.44. The lowest BCUT2D eigenvalue weighted by Crippen LogP contribution is -2.28. The largest absolute Gasteiger partial charge is 0.314 e. The summed E-state index contributed by atoms with van der Waals surface area (Å²) in [4.78, 5) is 38.2. The van der Waals surface area contributed by atoms with Crippen molar-refractivity contribution < 1.29 is 4.79 Å².